The average molecular weight is 286 g/mol. The van der Waals surface area contributed by atoms with Crippen LogP contribution in [-0.4, -0.2) is 21.1 Å². The third-order valence-corrected chi connectivity index (χ3v) is 5.94. The Hall–Kier alpha value is -1.45. The molecule has 112 valence electrons. The van der Waals surface area contributed by atoms with Crippen LogP contribution in [0.4, 0.5) is 0 Å². The summed E-state index contributed by atoms with van der Waals surface area (Å²) < 4.78 is 1.75. The maximum atomic E-state index is 12.8. The third-order valence-electron chi connectivity index (χ3n) is 5.94. The van der Waals surface area contributed by atoms with Crippen molar-refractivity contribution in [1.82, 2.24) is 9.55 Å². The van der Waals surface area contributed by atoms with Crippen LogP contribution in [0.15, 0.2) is 12.5 Å². The molecule has 1 aromatic heterocycles. The molecule has 1 heterocycles. The van der Waals surface area contributed by atoms with Gasteiger partial charge in [0.25, 0.3) is 0 Å². The number of aromatic nitrogens is 2. The number of nitrogens with zero attached hydrogens (tertiary/aromatic N) is 2. The van der Waals surface area contributed by atoms with E-state index in [2.05, 4.69) is 4.98 Å². The van der Waals surface area contributed by atoms with E-state index in [1.54, 1.807) is 17.1 Å². The third kappa shape index (κ3) is 2.16. The molecule has 4 bridgehead atoms. The van der Waals surface area contributed by atoms with Crippen LogP contribution >= 0.6 is 0 Å². The van der Waals surface area contributed by atoms with Gasteiger partial charge < -0.3 is 4.57 Å². The van der Waals surface area contributed by atoms with E-state index in [1.165, 1.54) is 19.3 Å². The highest BCUT2D eigenvalue weighted by Gasteiger charge is 2.54. The van der Waals surface area contributed by atoms with Crippen molar-refractivity contribution < 1.29 is 9.59 Å². The van der Waals surface area contributed by atoms with E-state index in [4.69, 9.17) is 0 Å². The molecular formula is C17H22N2O2. The number of Topliss-reactive ketones (excluding diaryl/α,β-unsaturated/α-hetero) is 2. The van der Waals surface area contributed by atoms with Gasteiger partial charge in [0.1, 0.15) is 11.5 Å². The summed E-state index contributed by atoms with van der Waals surface area (Å²) in [5, 5.41) is 0. The summed E-state index contributed by atoms with van der Waals surface area (Å²) >= 11 is 0. The lowest BCUT2D eigenvalue weighted by atomic mass is 9.48. The first kappa shape index (κ1) is 13.2. The molecule has 0 aromatic carbocycles. The average Bonchev–Trinajstić information content (AvgIpc) is 2.84. The molecule has 4 aliphatic rings. The second kappa shape index (κ2) is 4.52. The van der Waals surface area contributed by atoms with Crippen molar-refractivity contribution in [2.24, 2.45) is 30.2 Å². The first-order valence-electron chi connectivity index (χ1n) is 8.08. The van der Waals surface area contributed by atoms with E-state index in [9.17, 15) is 9.59 Å². The Labute approximate surface area is 124 Å². The predicted molar refractivity (Wildman–Crippen MR) is 77.8 cm³/mol. The predicted octanol–water partition coefficient (Wildman–Crippen LogP) is 2.78. The summed E-state index contributed by atoms with van der Waals surface area (Å²) in [5.74, 6) is 2.30. The van der Waals surface area contributed by atoms with Gasteiger partial charge in [-0.3, -0.25) is 9.59 Å². The van der Waals surface area contributed by atoms with Crippen molar-refractivity contribution in [2.75, 3.05) is 0 Å². The van der Waals surface area contributed by atoms with Gasteiger partial charge >= 0.3 is 0 Å². The van der Waals surface area contributed by atoms with Crippen LogP contribution in [0.25, 0.3) is 0 Å². The molecule has 0 radical (unpaired) electrons. The van der Waals surface area contributed by atoms with Crippen LogP contribution in [0.1, 0.15) is 55.4 Å². The number of hydrogen-bond donors (Lipinski definition) is 0. The molecule has 4 nitrogen and oxygen atoms in total. The van der Waals surface area contributed by atoms with Crippen molar-refractivity contribution in [3.63, 3.8) is 0 Å². The molecule has 1 aromatic rings. The Morgan fingerprint density at radius 2 is 1.76 bits per heavy atom. The fourth-order valence-electron chi connectivity index (χ4n) is 5.43. The van der Waals surface area contributed by atoms with Crippen LogP contribution in [0, 0.1) is 23.2 Å². The number of carbonyl (C=O) groups excluding carboxylic acids is 2. The van der Waals surface area contributed by atoms with E-state index < -0.39 is 0 Å². The SMILES string of the molecule is Cn1cnc(C(=O)CC(=O)C23CC4CC(CC(C4)C2)C3)c1. The largest absolute Gasteiger partial charge is 0.340 e. The Morgan fingerprint density at radius 1 is 1.19 bits per heavy atom. The highest BCUT2D eigenvalue weighted by atomic mass is 16.1. The van der Waals surface area contributed by atoms with Gasteiger partial charge in [-0.2, -0.15) is 0 Å². The summed E-state index contributed by atoms with van der Waals surface area (Å²) in [4.78, 5) is 29.2. The molecule has 0 spiro atoms. The van der Waals surface area contributed by atoms with Crippen LogP contribution < -0.4 is 0 Å². The van der Waals surface area contributed by atoms with Gasteiger partial charge in [-0.05, 0) is 56.3 Å². The molecule has 0 amide bonds. The molecule has 21 heavy (non-hydrogen) atoms. The number of aryl methyl sites for hydroxylation is 1. The van der Waals surface area contributed by atoms with Crippen molar-refractivity contribution in [3.05, 3.63) is 18.2 Å². The standard InChI is InChI=1S/C17H22N2O2/c1-19-9-14(18-10-19)15(20)5-16(21)17-6-11-2-12(7-17)4-13(3-11)8-17/h9-13H,2-8H2,1H3. The molecule has 4 fully saturated rings. The first-order chi connectivity index (χ1) is 10.0. The van der Waals surface area contributed by atoms with Crippen molar-refractivity contribution >= 4 is 11.6 Å². The van der Waals surface area contributed by atoms with Gasteiger partial charge in [-0.25, -0.2) is 4.98 Å². The summed E-state index contributed by atoms with van der Waals surface area (Å²) in [5.41, 5.74) is 0.259. The van der Waals surface area contributed by atoms with Crippen LogP contribution in [0.5, 0.6) is 0 Å². The van der Waals surface area contributed by atoms with Gasteiger partial charge in [0, 0.05) is 18.7 Å². The summed E-state index contributed by atoms with van der Waals surface area (Å²) in [6, 6.07) is 0. The zero-order valence-corrected chi connectivity index (χ0v) is 12.5. The van der Waals surface area contributed by atoms with Gasteiger partial charge in [-0.15, -0.1) is 0 Å². The van der Waals surface area contributed by atoms with Crippen LogP contribution in [0.3, 0.4) is 0 Å². The zero-order valence-electron chi connectivity index (χ0n) is 12.5. The van der Waals surface area contributed by atoms with E-state index >= 15 is 0 Å². The second-order valence-corrected chi connectivity index (χ2v) is 7.65. The molecule has 4 heteroatoms. The molecule has 4 aliphatic carbocycles. The molecule has 0 unspecified atom stereocenters. The first-order valence-corrected chi connectivity index (χ1v) is 8.08. The van der Waals surface area contributed by atoms with Crippen LogP contribution in [-0.2, 0) is 11.8 Å². The van der Waals surface area contributed by atoms with E-state index in [0.29, 0.717) is 5.69 Å². The molecule has 4 saturated carbocycles. The lowest BCUT2D eigenvalue weighted by molar-refractivity contribution is -0.142. The van der Waals surface area contributed by atoms with Crippen molar-refractivity contribution in [1.29, 1.82) is 0 Å². The molecule has 0 atom stereocenters. The highest BCUT2D eigenvalue weighted by molar-refractivity contribution is 6.08. The minimum absolute atomic E-state index is 0.0448. The van der Waals surface area contributed by atoms with E-state index in [1.807, 2.05) is 7.05 Å². The maximum Gasteiger partial charge on any atom is 0.190 e. The van der Waals surface area contributed by atoms with E-state index in [-0.39, 0.29) is 23.4 Å². The Bertz CT molecular complexity index is 566. The molecular weight excluding hydrogens is 264 g/mol. The zero-order chi connectivity index (χ0) is 14.6. The van der Waals surface area contributed by atoms with Crippen molar-refractivity contribution in [2.45, 2.75) is 44.9 Å². The van der Waals surface area contributed by atoms with Gasteiger partial charge in [0.2, 0.25) is 0 Å². The number of imidazole rings is 1. The Kier molecular flexibility index (Phi) is 2.85. The number of rotatable bonds is 4. The molecule has 0 N–H and O–H groups in total. The van der Waals surface area contributed by atoms with Crippen molar-refractivity contribution in [3.8, 4) is 0 Å². The fourth-order valence-corrected chi connectivity index (χ4v) is 5.43. The Morgan fingerprint density at radius 3 is 2.24 bits per heavy atom. The quantitative estimate of drug-likeness (QED) is 0.631. The summed E-state index contributed by atoms with van der Waals surface area (Å²) in [6.45, 7) is 0. The molecule has 5 rings (SSSR count). The van der Waals surface area contributed by atoms with Crippen LogP contribution in [0.2, 0.25) is 0 Å². The number of hydrogen-bond acceptors (Lipinski definition) is 3. The summed E-state index contributed by atoms with van der Waals surface area (Å²) in [6.07, 6.45) is 10.4. The fraction of sp³-hybridized carbons (Fsp3) is 0.706. The molecule has 0 saturated heterocycles. The Balaban J connectivity index is 1.51. The van der Waals surface area contributed by atoms with Gasteiger partial charge in [-0.1, -0.05) is 0 Å². The second-order valence-electron chi connectivity index (χ2n) is 7.65. The van der Waals surface area contributed by atoms with Gasteiger partial charge in [0.15, 0.2) is 5.78 Å². The highest BCUT2D eigenvalue weighted by Crippen LogP contribution is 2.60. The smallest absolute Gasteiger partial charge is 0.190 e. The molecule has 0 aliphatic heterocycles. The van der Waals surface area contributed by atoms with E-state index in [0.717, 1.165) is 37.0 Å². The normalized spacial score (nSPS) is 36.9. The minimum Gasteiger partial charge on any atom is -0.340 e. The monoisotopic (exact) mass is 286 g/mol. The lowest BCUT2D eigenvalue weighted by Gasteiger charge is -2.56. The van der Waals surface area contributed by atoms with Gasteiger partial charge in [0.05, 0.1) is 12.7 Å². The summed E-state index contributed by atoms with van der Waals surface area (Å²) in [7, 11) is 1.84. The number of carbonyl (C=O) groups is 2. The maximum absolute atomic E-state index is 12.8. The lowest BCUT2D eigenvalue weighted by Crippen LogP contribution is -2.50. The minimum atomic E-state index is -0.167. The number of ketones is 2. The topological polar surface area (TPSA) is 52.0 Å².